The molecule has 0 bridgehead atoms. The van der Waals surface area contributed by atoms with Crippen molar-refractivity contribution in [2.45, 2.75) is 44.1 Å². The Bertz CT molecular complexity index is 785. The first kappa shape index (κ1) is 20.1. The van der Waals surface area contributed by atoms with Crippen LogP contribution in [0.15, 0.2) is 29.3 Å². The summed E-state index contributed by atoms with van der Waals surface area (Å²) in [4.78, 5) is 4.28. The second-order valence-corrected chi connectivity index (χ2v) is 9.66. The molecule has 27 heavy (non-hydrogen) atoms. The van der Waals surface area contributed by atoms with Crippen LogP contribution in [0.2, 0.25) is 0 Å². The van der Waals surface area contributed by atoms with Crippen LogP contribution in [0, 0.1) is 5.82 Å². The van der Waals surface area contributed by atoms with Gasteiger partial charge in [-0.2, -0.15) is 0 Å². The van der Waals surface area contributed by atoms with Gasteiger partial charge in [-0.25, -0.2) is 17.1 Å². The molecular weight excluding hydrogens is 367 g/mol. The highest BCUT2D eigenvalue weighted by molar-refractivity contribution is 7.89. The van der Waals surface area contributed by atoms with Gasteiger partial charge in [0, 0.05) is 38.1 Å². The molecule has 1 aliphatic heterocycles. The Morgan fingerprint density at radius 1 is 1.30 bits per heavy atom. The average Bonchev–Trinajstić information content (AvgIpc) is 3.46. The Morgan fingerprint density at radius 2 is 1.96 bits per heavy atom. The molecular formula is C19H29FN4O2S. The zero-order chi connectivity index (χ0) is 19.5. The maximum atomic E-state index is 14.1. The third kappa shape index (κ3) is 4.60. The number of guanidine groups is 1. The van der Waals surface area contributed by atoms with E-state index in [2.05, 4.69) is 15.6 Å². The molecule has 0 atom stereocenters. The highest BCUT2D eigenvalue weighted by Gasteiger charge is 2.45. The van der Waals surface area contributed by atoms with E-state index in [0.717, 1.165) is 31.2 Å². The van der Waals surface area contributed by atoms with Gasteiger partial charge < -0.3 is 10.6 Å². The zero-order valence-corrected chi connectivity index (χ0v) is 16.9. The van der Waals surface area contributed by atoms with Gasteiger partial charge in [0.05, 0.1) is 5.75 Å². The van der Waals surface area contributed by atoms with Crippen molar-refractivity contribution in [2.24, 2.45) is 4.99 Å². The fraction of sp³-hybridized carbons (Fsp3) is 0.632. The Hall–Kier alpha value is -1.67. The van der Waals surface area contributed by atoms with E-state index in [0.29, 0.717) is 25.6 Å². The van der Waals surface area contributed by atoms with Crippen LogP contribution in [0.25, 0.3) is 0 Å². The number of halogens is 1. The average molecular weight is 397 g/mol. The summed E-state index contributed by atoms with van der Waals surface area (Å²) < 4.78 is 39.6. The summed E-state index contributed by atoms with van der Waals surface area (Å²) in [7, 11) is -1.39. The maximum Gasteiger partial charge on any atom is 0.213 e. The van der Waals surface area contributed by atoms with Crippen molar-refractivity contribution in [3.63, 3.8) is 0 Å². The predicted octanol–water partition coefficient (Wildman–Crippen LogP) is 1.84. The van der Waals surface area contributed by atoms with Crippen molar-refractivity contribution in [3.05, 3.63) is 35.6 Å². The molecule has 0 unspecified atom stereocenters. The Kier molecular flexibility index (Phi) is 6.05. The molecule has 0 radical (unpaired) electrons. The topological polar surface area (TPSA) is 73.8 Å². The van der Waals surface area contributed by atoms with Crippen LogP contribution >= 0.6 is 0 Å². The van der Waals surface area contributed by atoms with E-state index in [1.165, 1.54) is 6.07 Å². The molecule has 150 valence electrons. The SMILES string of the molecule is CCS(=O)(=O)N1CCC(NC(=NC)NCC2(c3ccccc3F)CC2)CC1. The minimum atomic E-state index is -3.11. The number of benzene rings is 1. The van der Waals surface area contributed by atoms with Crippen molar-refractivity contribution in [1.82, 2.24) is 14.9 Å². The van der Waals surface area contributed by atoms with Gasteiger partial charge in [0.1, 0.15) is 5.82 Å². The van der Waals surface area contributed by atoms with Gasteiger partial charge in [-0.15, -0.1) is 0 Å². The van der Waals surface area contributed by atoms with E-state index >= 15 is 0 Å². The normalized spacial score (nSPS) is 21.1. The molecule has 8 heteroatoms. The number of piperidine rings is 1. The largest absolute Gasteiger partial charge is 0.356 e. The van der Waals surface area contributed by atoms with Gasteiger partial charge in [0.15, 0.2) is 5.96 Å². The number of nitrogens with zero attached hydrogens (tertiary/aromatic N) is 2. The van der Waals surface area contributed by atoms with E-state index < -0.39 is 10.0 Å². The van der Waals surface area contributed by atoms with Gasteiger partial charge in [-0.3, -0.25) is 4.99 Å². The van der Waals surface area contributed by atoms with Crippen molar-refractivity contribution >= 4 is 16.0 Å². The molecule has 1 saturated carbocycles. The first-order valence-corrected chi connectivity index (χ1v) is 11.2. The summed E-state index contributed by atoms with van der Waals surface area (Å²) in [6, 6.07) is 7.16. The molecule has 0 amide bonds. The summed E-state index contributed by atoms with van der Waals surface area (Å²) in [6.45, 7) is 3.37. The number of hydrogen-bond donors (Lipinski definition) is 2. The van der Waals surface area contributed by atoms with E-state index in [1.54, 1.807) is 24.3 Å². The van der Waals surface area contributed by atoms with E-state index in [-0.39, 0.29) is 23.0 Å². The van der Waals surface area contributed by atoms with Crippen molar-refractivity contribution in [2.75, 3.05) is 32.4 Å². The van der Waals surface area contributed by atoms with Gasteiger partial charge in [0.25, 0.3) is 0 Å². The second-order valence-electron chi connectivity index (χ2n) is 7.40. The molecule has 3 rings (SSSR count). The molecule has 2 fully saturated rings. The second kappa shape index (κ2) is 8.14. The summed E-state index contributed by atoms with van der Waals surface area (Å²) in [5, 5.41) is 6.72. The van der Waals surface area contributed by atoms with Crippen LogP contribution in [-0.2, 0) is 15.4 Å². The van der Waals surface area contributed by atoms with Gasteiger partial charge in [-0.05, 0) is 44.2 Å². The quantitative estimate of drug-likeness (QED) is 0.568. The number of sulfonamides is 1. The van der Waals surface area contributed by atoms with Crippen LogP contribution in [0.4, 0.5) is 4.39 Å². The number of nitrogens with one attached hydrogen (secondary N) is 2. The number of aliphatic imine (C=N–C) groups is 1. The predicted molar refractivity (Wildman–Crippen MR) is 106 cm³/mol. The maximum absolute atomic E-state index is 14.1. The third-order valence-electron chi connectivity index (χ3n) is 5.67. The number of rotatable bonds is 6. The standard InChI is InChI=1S/C19H29FN4O2S/c1-3-27(25,26)24-12-8-15(9-13-24)23-18(21-2)22-14-19(10-11-19)16-6-4-5-7-17(16)20/h4-7,15H,3,8-14H2,1-2H3,(H2,21,22,23). The van der Waals surface area contributed by atoms with E-state index in [9.17, 15) is 12.8 Å². The molecule has 2 aliphatic rings. The summed E-state index contributed by atoms with van der Waals surface area (Å²) in [5.41, 5.74) is 0.618. The third-order valence-corrected chi connectivity index (χ3v) is 7.55. The van der Waals surface area contributed by atoms with E-state index in [4.69, 9.17) is 0 Å². The van der Waals surface area contributed by atoms with Crippen LogP contribution in [0.1, 0.15) is 38.2 Å². The first-order valence-electron chi connectivity index (χ1n) is 9.60. The summed E-state index contributed by atoms with van der Waals surface area (Å²) in [6.07, 6.45) is 3.42. The fourth-order valence-electron chi connectivity index (χ4n) is 3.69. The molecule has 2 N–H and O–H groups in total. The zero-order valence-electron chi connectivity index (χ0n) is 16.0. The number of hydrogen-bond acceptors (Lipinski definition) is 3. The molecule has 1 saturated heterocycles. The lowest BCUT2D eigenvalue weighted by Gasteiger charge is -2.32. The summed E-state index contributed by atoms with van der Waals surface area (Å²) in [5.74, 6) is 0.686. The molecule has 0 spiro atoms. The molecule has 1 heterocycles. The van der Waals surface area contributed by atoms with Crippen molar-refractivity contribution in [3.8, 4) is 0 Å². The Balaban J connectivity index is 1.52. The van der Waals surface area contributed by atoms with Crippen LogP contribution < -0.4 is 10.6 Å². The smallest absolute Gasteiger partial charge is 0.213 e. The summed E-state index contributed by atoms with van der Waals surface area (Å²) >= 11 is 0. The lowest BCUT2D eigenvalue weighted by atomic mass is 9.95. The lowest BCUT2D eigenvalue weighted by Crippen LogP contribution is -2.50. The molecule has 1 aromatic rings. The van der Waals surface area contributed by atoms with Crippen LogP contribution in [-0.4, -0.2) is 57.2 Å². The van der Waals surface area contributed by atoms with Crippen molar-refractivity contribution < 1.29 is 12.8 Å². The molecule has 1 aromatic carbocycles. The first-order chi connectivity index (χ1) is 12.9. The minimum Gasteiger partial charge on any atom is -0.356 e. The van der Waals surface area contributed by atoms with Gasteiger partial charge in [-0.1, -0.05) is 18.2 Å². The monoisotopic (exact) mass is 396 g/mol. The van der Waals surface area contributed by atoms with Crippen molar-refractivity contribution in [1.29, 1.82) is 0 Å². The molecule has 1 aliphatic carbocycles. The Labute approximate surface area is 161 Å². The highest BCUT2D eigenvalue weighted by Crippen LogP contribution is 2.48. The molecule has 6 nitrogen and oxygen atoms in total. The lowest BCUT2D eigenvalue weighted by molar-refractivity contribution is 0.306. The van der Waals surface area contributed by atoms with Gasteiger partial charge in [0.2, 0.25) is 10.0 Å². The van der Waals surface area contributed by atoms with E-state index in [1.807, 2.05) is 12.1 Å². The molecule has 0 aromatic heterocycles. The van der Waals surface area contributed by atoms with Crippen LogP contribution in [0.3, 0.4) is 0 Å². The fourth-order valence-corrected chi connectivity index (χ4v) is 4.82. The van der Waals surface area contributed by atoms with Gasteiger partial charge >= 0.3 is 0 Å². The minimum absolute atomic E-state index is 0.145. The van der Waals surface area contributed by atoms with Crippen LogP contribution in [0.5, 0.6) is 0 Å². The Morgan fingerprint density at radius 3 is 2.52 bits per heavy atom. The highest BCUT2D eigenvalue weighted by atomic mass is 32.2.